The number of rotatable bonds is 5. The number of amides is 2. The average Bonchev–Trinajstić information content (AvgIpc) is 2.66. The first-order valence-corrected chi connectivity index (χ1v) is 9.14. The molecule has 2 heterocycles. The van der Waals surface area contributed by atoms with Gasteiger partial charge in [0.25, 0.3) is 0 Å². The highest BCUT2D eigenvalue weighted by atomic mass is 19.1. The van der Waals surface area contributed by atoms with E-state index in [4.69, 9.17) is 4.74 Å². The van der Waals surface area contributed by atoms with Gasteiger partial charge in [0.2, 0.25) is 11.8 Å². The molecule has 0 unspecified atom stereocenters. The van der Waals surface area contributed by atoms with E-state index in [0.717, 1.165) is 12.8 Å². The van der Waals surface area contributed by atoms with Crippen LogP contribution >= 0.6 is 0 Å². The second-order valence-corrected chi connectivity index (χ2v) is 6.89. The lowest BCUT2D eigenvalue weighted by molar-refractivity contribution is -0.140. The Morgan fingerprint density at radius 1 is 1.27 bits per heavy atom. The van der Waals surface area contributed by atoms with Crippen molar-refractivity contribution in [2.75, 3.05) is 33.3 Å². The van der Waals surface area contributed by atoms with Crippen molar-refractivity contribution in [2.24, 2.45) is 0 Å². The third-order valence-corrected chi connectivity index (χ3v) is 5.27. The third-order valence-electron chi connectivity index (χ3n) is 5.27. The van der Waals surface area contributed by atoms with Crippen molar-refractivity contribution in [1.82, 2.24) is 15.1 Å². The SMILES string of the molecule is COC1CCN(C(=O)C[C@H]2C(=O)NCCN2Cc2ccccc2F)CC1. The van der Waals surface area contributed by atoms with Gasteiger partial charge in [-0.2, -0.15) is 0 Å². The summed E-state index contributed by atoms with van der Waals surface area (Å²) in [6.07, 6.45) is 1.96. The van der Waals surface area contributed by atoms with Crippen molar-refractivity contribution in [3.05, 3.63) is 35.6 Å². The summed E-state index contributed by atoms with van der Waals surface area (Å²) in [6.45, 7) is 2.74. The maximum atomic E-state index is 14.0. The molecular formula is C19H26FN3O3. The maximum absolute atomic E-state index is 14.0. The summed E-state index contributed by atoms with van der Waals surface area (Å²) in [6, 6.07) is 6.00. The van der Waals surface area contributed by atoms with E-state index < -0.39 is 6.04 Å². The predicted molar refractivity (Wildman–Crippen MR) is 94.8 cm³/mol. The molecule has 1 aromatic rings. The molecule has 26 heavy (non-hydrogen) atoms. The van der Waals surface area contributed by atoms with E-state index in [1.165, 1.54) is 6.07 Å². The van der Waals surface area contributed by atoms with Gasteiger partial charge in [-0.25, -0.2) is 4.39 Å². The van der Waals surface area contributed by atoms with Gasteiger partial charge >= 0.3 is 0 Å². The van der Waals surface area contributed by atoms with Crippen LogP contribution in [0, 0.1) is 5.82 Å². The second kappa shape index (κ2) is 8.60. The summed E-state index contributed by atoms with van der Waals surface area (Å²) in [5.41, 5.74) is 0.542. The summed E-state index contributed by atoms with van der Waals surface area (Å²) in [7, 11) is 1.69. The number of hydrogen-bond donors (Lipinski definition) is 1. The monoisotopic (exact) mass is 363 g/mol. The summed E-state index contributed by atoms with van der Waals surface area (Å²) < 4.78 is 19.3. The Morgan fingerprint density at radius 3 is 2.69 bits per heavy atom. The Balaban J connectivity index is 1.64. The molecule has 142 valence electrons. The molecule has 2 amide bonds. The lowest BCUT2D eigenvalue weighted by Gasteiger charge is -2.37. The average molecular weight is 363 g/mol. The fraction of sp³-hybridized carbons (Fsp3) is 0.579. The fourth-order valence-corrected chi connectivity index (χ4v) is 3.65. The molecule has 0 bridgehead atoms. The number of likely N-dealkylation sites (tertiary alicyclic amines) is 1. The van der Waals surface area contributed by atoms with Crippen LogP contribution in [0.3, 0.4) is 0 Å². The predicted octanol–water partition coefficient (Wildman–Crippen LogP) is 1.15. The summed E-state index contributed by atoms with van der Waals surface area (Å²) in [5, 5.41) is 2.82. The van der Waals surface area contributed by atoms with Gasteiger partial charge in [-0.1, -0.05) is 18.2 Å². The molecule has 1 aromatic carbocycles. The van der Waals surface area contributed by atoms with Crippen molar-refractivity contribution in [3.8, 4) is 0 Å². The van der Waals surface area contributed by atoms with E-state index in [1.807, 2.05) is 4.90 Å². The first kappa shape index (κ1) is 18.8. The Labute approximate surface area is 153 Å². The van der Waals surface area contributed by atoms with Gasteiger partial charge in [0.15, 0.2) is 0 Å². The molecule has 3 rings (SSSR count). The first-order valence-electron chi connectivity index (χ1n) is 9.14. The van der Waals surface area contributed by atoms with Crippen molar-refractivity contribution < 1.29 is 18.7 Å². The number of carbonyl (C=O) groups is 2. The zero-order valence-electron chi connectivity index (χ0n) is 15.1. The smallest absolute Gasteiger partial charge is 0.237 e. The number of carbonyl (C=O) groups excluding carboxylic acids is 2. The minimum atomic E-state index is -0.559. The lowest BCUT2D eigenvalue weighted by Crippen LogP contribution is -2.56. The molecule has 2 saturated heterocycles. The highest BCUT2D eigenvalue weighted by Crippen LogP contribution is 2.19. The fourth-order valence-electron chi connectivity index (χ4n) is 3.65. The Hall–Kier alpha value is -1.99. The molecule has 1 atom stereocenters. The first-order chi connectivity index (χ1) is 12.6. The van der Waals surface area contributed by atoms with Crippen LogP contribution in [0.25, 0.3) is 0 Å². The zero-order valence-corrected chi connectivity index (χ0v) is 15.1. The number of nitrogens with zero attached hydrogens (tertiary/aromatic N) is 2. The summed E-state index contributed by atoms with van der Waals surface area (Å²) >= 11 is 0. The molecule has 0 spiro atoms. The highest BCUT2D eigenvalue weighted by Gasteiger charge is 2.34. The van der Waals surface area contributed by atoms with Gasteiger partial charge in [-0.15, -0.1) is 0 Å². The number of halogens is 1. The summed E-state index contributed by atoms with van der Waals surface area (Å²) in [4.78, 5) is 28.7. The minimum absolute atomic E-state index is 0.0277. The molecule has 0 aromatic heterocycles. The quantitative estimate of drug-likeness (QED) is 0.853. The van der Waals surface area contributed by atoms with E-state index in [9.17, 15) is 14.0 Å². The molecule has 0 radical (unpaired) electrons. The van der Waals surface area contributed by atoms with E-state index in [-0.39, 0.29) is 30.2 Å². The molecule has 7 heteroatoms. The minimum Gasteiger partial charge on any atom is -0.381 e. The van der Waals surface area contributed by atoms with Crippen LogP contribution in [-0.4, -0.2) is 67.0 Å². The van der Waals surface area contributed by atoms with Crippen LogP contribution < -0.4 is 5.32 Å². The summed E-state index contributed by atoms with van der Waals surface area (Å²) in [5.74, 6) is -0.474. The van der Waals surface area contributed by atoms with Crippen molar-refractivity contribution in [2.45, 2.75) is 38.0 Å². The number of piperazine rings is 1. The molecule has 0 saturated carbocycles. The Bertz CT molecular complexity index is 647. The number of piperidine rings is 1. The zero-order chi connectivity index (χ0) is 18.5. The van der Waals surface area contributed by atoms with Crippen molar-refractivity contribution in [3.63, 3.8) is 0 Å². The van der Waals surface area contributed by atoms with E-state index in [1.54, 1.807) is 30.2 Å². The number of methoxy groups -OCH3 is 1. The second-order valence-electron chi connectivity index (χ2n) is 6.89. The number of ether oxygens (including phenoxy) is 1. The third kappa shape index (κ3) is 4.40. The van der Waals surface area contributed by atoms with Crippen LogP contribution in [-0.2, 0) is 20.9 Å². The van der Waals surface area contributed by atoms with Crippen molar-refractivity contribution in [1.29, 1.82) is 0 Å². The van der Waals surface area contributed by atoms with Crippen LogP contribution in [0.4, 0.5) is 4.39 Å². The van der Waals surface area contributed by atoms with E-state index in [2.05, 4.69) is 5.32 Å². The van der Waals surface area contributed by atoms with Crippen LogP contribution in [0.1, 0.15) is 24.8 Å². The molecule has 2 aliphatic heterocycles. The number of benzene rings is 1. The normalized spacial score (nSPS) is 22.3. The van der Waals surface area contributed by atoms with Gasteiger partial charge in [0.05, 0.1) is 18.6 Å². The highest BCUT2D eigenvalue weighted by molar-refractivity contribution is 5.88. The van der Waals surface area contributed by atoms with Gasteiger partial charge in [0.1, 0.15) is 5.82 Å². The molecule has 6 nitrogen and oxygen atoms in total. The van der Waals surface area contributed by atoms with Crippen LogP contribution in [0.5, 0.6) is 0 Å². The van der Waals surface area contributed by atoms with Gasteiger partial charge in [-0.3, -0.25) is 14.5 Å². The largest absolute Gasteiger partial charge is 0.381 e. The maximum Gasteiger partial charge on any atom is 0.237 e. The number of hydrogen-bond acceptors (Lipinski definition) is 4. The Morgan fingerprint density at radius 2 is 2.00 bits per heavy atom. The van der Waals surface area contributed by atoms with Gasteiger partial charge in [0, 0.05) is 45.4 Å². The molecular weight excluding hydrogens is 337 g/mol. The van der Waals surface area contributed by atoms with E-state index in [0.29, 0.717) is 38.3 Å². The molecule has 2 aliphatic rings. The Kier molecular flexibility index (Phi) is 6.21. The lowest BCUT2D eigenvalue weighted by atomic mass is 10.0. The van der Waals surface area contributed by atoms with Crippen LogP contribution in [0.2, 0.25) is 0 Å². The van der Waals surface area contributed by atoms with Crippen LogP contribution in [0.15, 0.2) is 24.3 Å². The number of nitrogens with one attached hydrogen (secondary N) is 1. The standard InChI is InChI=1S/C19H26FN3O3/c1-26-15-6-9-22(10-7-15)18(24)12-17-19(25)21-8-11-23(17)13-14-4-2-3-5-16(14)20/h2-5,15,17H,6-13H2,1H3,(H,21,25)/t17-/m0/s1. The van der Waals surface area contributed by atoms with Gasteiger partial charge < -0.3 is 15.0 Å². The van der Waals surface area contributed by atoms with E-state index >= 15 is 0 Å². The topological polar surface area (TPSA) is 61.9 Å². The molecule has 2 fully saturated rings. The van der Waals surface area contributed by atoms with Crippen molar-refractivity contribution >= 4 is 11.8 Å². The molecule has 0 aliphatic carbocycles. The molecule has 1 N–H and O–H groups in total. The van der Waals surface area contributed by atoms with Gasteiger partial charge in [-0.05, 0) is 18.9 Å².